The fourth-order valence-electron chi connectivity index (χ4n) is 2.09. The van der Waals surface area contributed by atoms with E-state index in [1.807, 2.05) is 19.1 Å². The molecule has 0 fully saturated rings. The Balaban J connectivity index is 2.61. The minimum Gasteiger partial charge on any atom is -0.360 e. The molecule has 2 aromatic rings. The third-order valence-corrected chi connectivity index (χ3v) is 3.32. The Morgan fingerprint density at radius 1 is 1.42 bits per heavy atom. The molecule has 0 spiro atoms. The van der Waals surface area contributed by atoms with Gasteiger partial charge < -0.3 is 4.52 Å². The van der Waals surface area contributed by atoms with Crippen LogP contribution in [-0.4, -0.2) is 10.9 Å². The van der Waals surface area contributed by atoms with Crippen LogP contribution < -0.4 is 0 Å². The first-order chi connectivity index (χ1) is 9.06. The lowest BCUT2D eigenvalue weighted by Gasteiger charge is -2.07. The predicted molar refractivity (Wildman–Crippen MR) is 75.3 cm³/mol. The van der Waals surface area contributed by atoms with Gasteiger partial charge in [-0.2, -0.15) is 0 Å². The zero-order valence-corrected chi connectivity index (χ0v) is 11.8. The highest BCUT2D eigenvalue weighted by molar-refractivity contribution is 6.33. The van der Waals surface area contributed by atoms with E-state index in [0.29, 0.717) is 34.9 Å². The van der Waals surface area contributed by atoms with E-state index in [9.17, 15) is 4.79 Å². The summed E-state index contributed by atoms with van der Waals surface area (Å²) in [5, 5.41) is 4.58. The Kier molecular flexibility index (Phi) is 4.05. The van der Waals surface area contributed by atoms with Crippen molar-refractivity contribution in [1.82, 2.24) is 5.16 Å². The summed E-state index contributed by atoms with van der Waals surface area (Å²) in [4.78, 5) is 12.2. The summed E-state index contributed by atoms with van der Waals surface area (Å²) in [6, 6.07) is 5.58. The van der Waals surface area contributed by atoms with Crippen LogP contribution >= 0.6 is 11.6 Å². The zero-order valence-electron chi connectivity index (χ0n) is 11.0. The van der Waals surface area contributed by atoms with E-state index in [4.69, 9.17) is 16.1 Å². The summed E-state index contributed by atoms with van der Waals surface area (Å²) in [6.45, 7) is 7.37. The molecule has 3 nitrogen and oxygen atoms in total. The summed E-state index contributed by atoms with van der Waals surface area (Å²) in [7, 11) is 0. The molecule has 0 bridgehead atoms. The van der Waals surface area contributed by atoms with E-state index in [1.54, 1.807) is 13.0 Å². The number of carbonyl (C=O) groups is 1. The largest absolute Gasteiger partial charge is 0.360 e. The predicted octanol–water partition coefficient (Wildman–Crippen LogP) is 4.41. The maximum absolute atomic E-state index is 12.2. The molecule has 1 aromatic heterocycles. The molecule has 19 heavy (non-hydrogen) atoms. The van der Waals surface area contributed by atoms with Crippen molar-refractivity contribution in [1.29, 1.82) is 0 Å². The van der Waals surface area contributed by atoms with Crippen LogP contribution in [-0.2, 0) is 0 Å². The Morgan fingerprint density at radius 3 is 2.79 bits per heavy atom. The molecular formula is C15H15ClNO2. The average Bonchev–Trinajstić information content (AvgIpc) is 2.71. The van der Waals surface area contributed by atoms with E-state index in [1.165, 1.54) is 0 Å². The third-order valence-electron chi connectivity index (χ3n) is 3.00. The van der Waals surface area contributed by atoms with Crippen molar-refractivity contribution in [3.05, 3.63) is 47.0 Å². The van der Waals surface area contributed by atoms with Gasteiger partial charge in [0, 0.05) is 12.0 Å². The molecule has 0 aliphatic rings. The molecule has 99 valence electrons. The van der Waals surface area contributed by atoms with Crippen LogP contribution in [0.25, 0.3) is 11.3 Å². The van der Waals surface area contributed by atoms with Crippen molar-refractivity contribution in [3.8, 4) is 11.3 Å². The minimum atomic E-state index is -0.0110. The molecule has 0 saturated carbocycles. The van der Waals surface area contributed by atoms with Gasteiger partial charge in [0.15, 0.2) is 5.78 Å². The smallest absolute Gasteiger partial charge is 0.168 e. The second-order valence-electron chi connectivity index (χ2n) is 4.42. The summed E-state index contributed by atoms with van der Waals surface area (Å²) < 4.78 is 5.18. The van der Waals surface area contributed by atoms with Crippen LogP contribution in [0.3, 0.4) is 0 Å². The monoisotopic (exact) mass is 276 g/mol. The number of aromatic nitrogens is 1. The lowest BCUT2D eigenvalue weighted by molar-refractivity contribution is 0.0982. The lowest BCUT2D eigenvalue weighted by Crippen LogP contribution is -2.02. The van der Waals surface area contributed by atoms with Crippen LogP contribution in [0.1, 0.15) is 34.5 Å². The van der Waals surface area contributed by atoms with Gasteiger partial charge in [-0.25, -0.2) is 0 Å². The number of Topliss-reactive ketones (excluding diaryl/α,β-unsaturated/α-hetero) is 1. The van der Waals surface area contributed by atoms with E-state index in [2.05, 4.69) is 12.1 Å². The van der Waals surface area contributed by atoms with Crippen molar-refractivity contribution < 1.29 is 9.32 Å². The molecule has 0 unspecified atom stereocenters. The van der Waals surface area contributed by atoms with Crippen molar-refractivity contribution in [2.45, 2.75) is 26.7 Å². The molecule has 4 heteroatoms. The van der Waals surface area contributed by atoms with Gasteiger partial charge in [0.25, 0.3) is 0 Å². The van der Waals surface area contributed by atoms with E-state index in [-0.39, 0.29) is 5.78 Å². The Morgan fingerprint density at radius 2 is 2.16 bits per heavy atom. The van der Waals surface area contributed by atoms with Crippen molar-refractivity contribution >= 4 is 17.4 Å². The molecule has 0 aliphatic heterocycles. The number of carbonyl (C=O) groups excluding carboxylic acids is 1. The first kappa shape index (κ1) is 13.8. The fraction of sp³-hybridized carbons (Fsp3) is 0.267. The Bertz CT molecular complexity index is 596. The van der Waals surface area contributed by atoms with Gasteiger partial charge in [0.05, 0.1) is 10.6 Å². The lowest BCUT2D eigenvalue weighted by atomic mass is 9.97. The van der Waals surface area contributed by atoms with Gasteiger partial charge in [-0.3, -0.25) is 4.79 Å². The number of aryl methyl sites for hydroxylation is 2. The van der Waals surface area contributed by atoms with Gasteiger partial charge in [-0.1, -0.05) is 35.8 Å². The van der Waals surface area contributed by atoms with Gasteiger partial charge in [-0.15, -0.1) is 0 Å². The average molecular weight is 277 g/mol. The quantitative estimate of drug-likeness (QED) is 0.777. The molecule has 0 saturated heterocycles. The number of rotatable bonds is 4. The van der Waals surface area contributed by atoms with Crippen molar-refractivity contribution in [2.24, 2.45) is 0 Å². The number of hydrogen-bond donors (Lipinski definition) is 0. The normalized spacial score (nSPS) is 10.7. The SMILES string of the molecule is [CH2]CCC(=O)c1c(-c2c(C)cccc2Cl)noc1C. The summed E-state index contributed by atoms with van der Waals surface area (Å²) >= 11 is 6.22. The summed E-state index contributed by atoms with van der Waals surface area (Å²) in [5.74, 6) is 0.510. The Labute approximate surface area is 117 Å². The van der Waals surface area contributed by atoms with E-state index in [0.717, 1.165) is 11.1 Å². The van der Waals surface area contributed by atoms with Gasteiger partial charge in [0.1, 0.15) is 11.5 Å². The molecule has 0 atom stereocenters. The molecular weight excluding hydrogens is 262 g/mol. The standard InChI is InChI=1S/C15H15ClNO2/c1-4-6-12(18)14-10(3)19-17-15(14)13-9(2)7-5-8-11(13)16/h5,7-8H,1,4,6H2,2-3H3. The van der Waals surface area contributed by atoms with E-state index >= 15 is 0 Å². The zero-order chi connectivity index (χ0) is 14.0. The second-order valence-corrected chi connectivity index (χ2v) is 4.83. The maximum atomic E-state index is 12.2. The molecule has 0 aliphatic carbocycles. The summed E-state index contributed by atoms with van der Waals surface area (Å²) in [6.07, 6.45) is 0.920. The number of hydrogen-bond acceptors (Lipinski definition) is 3. The molecule has 2 rings (SSSR count). The van der Waals surface area contributed by atoms with Crippen molar-refractivity contribution in [3.63, 3.8) is 0 Å². The van der Waals surface area contributed by atoms with Crippen molar-refractivity contribution in [2.75, 3.05) is 0 Å². The molecule has 1 heterocycles. The molecule has 1 aromatic carbocycles. The van der Waals surface area contributed by atoms with Crippen LogP contribution in [0, 0.1) is 20.8 Å². The topological polar surface area (TPSA) is 43.1 Å². The van der Waals surface area contributed by atoms with Gasteiger partial charge in [-0.05, 0) is 31.9 Å². The molecule has 0 N–H and O–H groups in total. The molecule has 0 amide bonds. The second kappa shape index (κ2) is 5.57. The first-order valence-corrected chi connectivity index (χ1v) is 6.48. The number of benzene rings is 1. The Hall–Kier alpha value is -1.61. The maximum Gasteiger partial charge on any atom is 0.168 e. The minimum absolute atomic E-state index is 0.0110. The number of nitrogens with zero attached hydrogens (tertiary/aromatic N) is 1. The number of halogens is 1. The summed E-state index contributed by atoms with van der Waals surface area (Å²) in [5.41, 5.74) is 2.76. The third kappa shape index (κ3) is 2.56. The van der Waals surface area contributed by atoms with Gasteiger partial charge in [0.2, 0.25) is 0 Å². The van der Waals surface area contributed by atoms with Crippen LogP contribution in [0.4, 0.5) is 0 Å². The van der Waals surface area contributed by atoms with Crippen LogP contribution in [0.2, 0.25) is 5.02 Å². The highest BCUT2D eigenvalue weighted by Gasteiger charge is 2.23. The van der Waals surface area contributed by atoms with Gasteiger partial charge >= 0.3 is 0 Å². The molecule has 1 radical (unpaired) electrons. The number of ketones is 1. The van der Waals surface area contributed by atoms with Crippen LogP contribution in [0.5, 0.6) is 0 Å². The first-order valence-electron chi connectivity index (χ1n) is 6.10. The fourth-order valence-corrected chi connectivity index (χ4v) is 2.40. The highest BCUT2D eigenvalue weighted by Crippen LogP contribution is 2.34. The highest BCUT2D eigenvalue weighted by atomic mass is 35.5. The van der Waals surface area contributed by atoms with E-state index < -0.39 is 0 Å². The van der Waals surface area contributed by atoms with Crippen LogP contribution in [0.15, 0.2) is 22.7 Å².